The maximum Gasteiger partial charge on any atom is 0.232 e. The highest BCUT2D eigenvalue weighted by Crippen LogP contribution is 2.30. The van der Waals surface area contributed by atoms with Gasteiger partial charge in [-0.05, 0) is 54.7 Å². The molecule has 1 aliphatic heterocycles. The van der Waals surface area contributed by atoms with Crippen LogP contribution < -0.4 is 4.31 Å². The number of benzene rings is 2. The molecule has 6 heteroatoms. The van der Waals surface area contributed by atoms with E-state index in [4.69, 9.17) is 0 Å². The molecule has 2 aromatic carbocycles. The third-order valence-corrected chi connectivity index (χ3v) is 6.79. The third kappa shape index (κ3) is 4.30. The largest absolute Gasteiger partial charge is 0.293 e. The van der Waals surface area contributed by atoms with Crippen LogP contribution >= 0.6 is 11.8 Å². The zero-order chi connectivity index (χ0) is 18.7. The Morgan fingerprint density at radius 2 is 1.96 bits per heavy atom. The third-order valence-electron chi connectivity index (χ3n) is 4.63. The predicted octanol–water partition coefficient (Wildman–Crippen LogP) is 3.82. The number of anilines is 1. The number of sulfonamides is 1. The fourth-order valence-electron chi connectivity index (χ4n) is 3.19. The standard InChI is InChI=1S/C20H23NO3S2/c1-15-6-3-4-7-18(15)13-25-14-20(22)17-9-10-19-16(12-17)8-5-11-21(19)26(2,23)24/h3-4,6-7,9-10,12H,5,8,11,13-14H2,1-2H3. The normalized spacial score (nSPS) is 14.2. The summed E-state index contributed by atoms with van der Waals surface area (Å²) in [5, 5.41) is 0. The van der Waals surface area contributed by atoms with Crippen molar-refractivity contribution in [3.8, 4) is 0 Å². The average molecular weight is 390 g/mol. The first-order valence-electron chi connectivity index (χ1n) is 8.62. The van der Waals surface area contributed by atoms with Crippen molar-refractivity contribution in [1.82, 2.24) is 0 Å². The first-order valence-corrected chi connectivity index (χ1v) is 11.6. The molecule has 4 nitrogen and oxygen atoms in total. The summed E-state index contributed by atoms with van der Waals surface area (Å²) < 4.78 is 25.3. The van der Waals surface area contributed by atoms with Crippen LogP contribution in [0.15, 0.2) is 42.5 Å². The topological polar surface area (TPSA) is 54.5 Å². The van der Waals surface area contributed by atoms with Gasteiger partial charge in [-0.2, -0.15) is 0 Å². The molecule has 0 aromatic heterocycles. The van der Waals surface area contributed by atoms with E-state index in [-0.39, 0.29) is 5.78 Å². The van der Waals surface area contributed by atoms with Crippen molar-refractivity contribution >= 4 is 33.3 Å². The van der Waals surface area contributed by atoms with Gasteiger partial charge < -0.3 is 0 Å². The monoisotopic (exact) mass is 389 g/mol. The van der Waals surface area contributed by atoms with Gasteiger partial charge in [0, 0.05) is 17.9 Å². The lowest BCUT2D eigenvalue weighted by Gasteiger charge is -2.29. The summed E-state index contributed by atoms with van der Waals surface area (Å²) >= 11 is 1.61. The Labute approximate surface area is 159 Å². The number of carbonyl (C=O) groups is 1. The summed E-state index contributed by atoms with van der Waals surface area (Å²) in [5.41, 5.74) is 4.80. The Balaban J connectivity index is 1.68. The molecule has 26 heavy (non-hydrogen) atoms. The minimum atomic E-state index is -3.28. The molecule has 0 radical (unpaired) electrons. The summed E-state index contributed by atoms with van der Waals surface area (Å²) in [6.45, 7) is 2.58. The van der Waals surface area contributed by atoms with E-state index in [0.717, 1.165) is 24.2 Å². The number of carbonyl (C=O) groups excluding carboxylic acids is 1. The first-order chi connectivity index (χ1) is 12.4. The summed E-state index contributed by atoms with van der Waals surface area (Å²) in [6.07, 6.45) is 2.81. The van der Waals surface area contributed by atoms with E-state index in [1.807, 2.05) is 18.2 Å². The average Bonchev–Trinajstić information content (AvgIpc) is 2.61. The van der Waals surface area contributed by atoms with Crippen molar-refractivity contribution in [1.29, 1.82) is 0 Å². The molecule has 0 saturated heterocycles. The highest BCUT2D eigenvalue weighted by molar-refractivity contribution is 7.99. The van der Waals surface area contributed by atoms with Gasteiger partial charge in [0.1, 0.15) is 0 Å². The van der Waals surface area contributed by atoms with Crippen molar-refractivity contribution in [2.24, 2.45) is 0 Å². The van der Waals surface area contributed by atoms with Gasteiger partial charge in [0.05, 0.1) is 17.7 Å². The van der Waals surface area contributed by atoms with Crippen LogP contribution in [0.25, 0.3) is 0 Å². The number of ketones is 1. The van der Waals surface area contributed by atoms with Gasteiger partial charge >= 0.3 is 0 Å². The van der Waals surface area contributed by atoms with Gasteiger partial charge in [0.2, 0.25) is 10.0 Å². The van der Waals surface area contributed by atoms with Crippen LogP contribution in [0.5, 0.6) is 0 Å². The van der Waals surface area contributed by atoms with E-state index in [1.165, 1.54) is 21.7 Å². The predicted molar refractivity (Wildman–Crippen MR) is 109 cm³/mol. The lowest BCUT2D eigenvalue weighted by Crippen LogP contribution is -2.34. The van der Waals surface area contributed by atoms with Gasteiger partial charge in [-0.15, -0.1) is 11.8 Å². The molecule has 0 atom stereocenters. The van der Waals surface area contributed by atoms with E-state index in [0.29, 0.717) is 23.5 Å². The number of fused-ring (bicyclic) bond motifs is 1. The number of Topliss-reactive ketones (excluding diaryl/α,β-unsaturated/α-hetero) is 1. The summed E-state index contributed by atoms with van der Waals surface area (Å²) in [4.78, 5) is 12.5. The quantitative estimate of drug-likeness (QED) is 0.705. The van der Waals surface area contributed by atoms with Gasteiger partial charge in [-0.25, -0.2) is 8.42 Å². The van der Waals surface area contributed by atoms with E-state index in [2.05, 4.69) is 19.1 Å². The number of rotatable bonds is 6. The number of aryl methyl sites for hydroxylation is 2. The second kappa shape index (κ2) is 7.84. The van der Waals surface area contributed by atoms with Crippen molar-refractivity contribution in [2.75, 3.05) is 22.9 Å². The smallest absolute Gasteiger partial charge is 0.232 e. The van der Waals surface area contributed by atoms with Crippen molar-refractivity contribution < 1.29 is 13.2 Å². The van der Waals surface area contributed by atoms with Crippen molar-refractivity contribution in [3.63, 3.8) is 0 Å². The minimum Gasteiger partial charge on any atom is -0.293 e. The summed E-state index contributed by atoms with van der Waals surface area (Å²) in [6, 6.07) is 13.6. The first kappa shape index (κ1) is 19.0. The molecule has 138 valence electrons. The molecule has 0 fully saturated rings. The molecule has 0 bridgehead atoms. The van der Waals surface area contributed by atoms with Crippen LogP contribution in [0.3, 0.4) is 0 Å². The second-order valence-corrected chi connectivity index (χ2v) is 9.52. The summed E-state index contributed by atoms with van der Waals surface area (Å²) in [5.74, 6) is 1.32. The van der Waals surface area contributed by atoms with Gasteiger partial charge in [0.15, 0.2) is 5.78 Å². The lowest BCUT2D eigenvalue weighted by atomic mass is 9.99. The maximum absolute atomic E-state index is 12.5. The molecule has 1 heterocycles. The number of nitrogens with zero attached hydrogens (tertiary/aromatic N) is 1. The molecule has 1 aliphatic rings. The Morgan fingerprint density at radius 1 is 1.19 bits per heavy atom. The van der Waals surface area contributed by atoms with Crippen LogP contribution in [0.4, 0.5) is 5.69 Å². The van der Waals surface area contributed by atoms with Gasteiger partial charge in [-0.3, -0.25) is 9.10 Å². The fraction of sp³-hybridized carbons (Fsp3) is 0.350. The van der Waals surface area contributed by atoms with E-state index >= 15 is 0 Å². The Morgan fingerprint density at radius 3 is 2.69 bits per heavy atom. The Bertz CT molecular complexity index is 922. The van der Waals surface area contributed by atoms with E-state index in [9.17, 15) is 13.2 Å². The lowest BCUT2D eigenvalue weighted by molar-refractivity contribution is 0.102. The zero-order valence-corrected chi connectivity index (χ0v) is 16.7. The molecule has 0 spiro atoms. The fourth-order valence-corrected chi connectivity index (χ4v) is 5.18. The highest BCUT2D eigenvalue weighted by Gasteiger charge is 2.24. The highest BCUT2D eigenvalue weighted by atomic mass is 32.2. The molecule has 0 saturated carbocycles. The van der Waals surface area contributed by atoms with Gasteiger partial charge in [0.25, 0.3) is 0 Å². The number of hydrogen-bond acceptors (Lipinski definition) is 4. The van der Waals surface area contributed by atoms with Crippen molar-refractivity contribution in [3.05, 3.63) is 64.7 Å². The van der Waals surface area contributed by atoms with Crippen LogP contribution in [-0.4, -0.2) is 32.8 Å². The van der Waals surface area contributed by atoms with Crippen LogP contribution in [0.2, 0.25) is 0 Å². The molecule has 0 unspecified atom stereocenters. The van der Waals surface area contributed by atoms with Crippen LogP contribution in [0, 0.1) is 6.92 Å². The van der Waals surface area contributed by atoms with Crippen LogP contribution in [0.1, 0.15) is 33.5 Å². The molecular weight excluding hydrogens is 366 g/mol. The number of thioether (sulfide) groups is 1. The Kier molecular flexibility index (Phi) is 5.73. The summed E-state index contributed by atoms with van der Waals surface area (Å²) in [7, 11) is -3.28. The molecular formula is C20H23NO3S2. The molecule has 0 amide bonds. The SMILES string of the molecule is Cc1ccccc1CSCC(=O)c1ccc2c(c1)CCCN2S(C)(=O)=O. The van der Waals surface area contributed by atoms with Crippen molar-refractivity contribution in [2.45, 2.75) is 25.5 Å². The number of hydrogen-bond donors (Lipinski definition) is 0. The van der Waals surface area contributed by atoms with E-state index < -0.39 is 10.0 Å². The molecule has 2 aromatic rings. The van der Waals surface area contributed by atoms with Crippen LogP contribution in [-0.2, 0) is 22.2 Å². The molecule has 3 rings (SSSR count). The van der Waals surface area contributed by atoms with E-state index in [1.54, 1.807) is 23.9 Å². The van der Waals surface area contributed by atoms with Gasteiger partial charge in [-0.1, -0.05) is 24.3 Å². The molecule has 0 aliphatic carbocycles. The second-order valence-electron chi connectivity index (χ2n) is 6.62. The zero-order valence-electron chi connectivity index (χ0n) is 15.1. The maximum atomic E-state index is 12.5. The minimum absolute atomic E-state index is 0.0860. The molecule has 0 N–H and O–H groups in total. The Hall–Kier alpha value is -1.79.